The number of nitrogens with zero attached hydrogens (tertiary/aromatic N) is 2. The van der Waals surface area contributed by atoms with Gasteiger partial charge in [-0.25, -0.2) is 8.78 Å². The number of nitrogens with two attached hydrogens (primary N) is 1. The first-order chi connectivity index (χ1) is 7.11. The van der Waals surface area contributed by atoms with Crippen LogP contribution < -0.4 is 5.73 Å². The van der Waals surface area contributed by atoms with Gasteiger partial charge in [0.05, 0.1) is 29.6 Å². The number of aromatic nitrogens is 1. The number of rotatable bonds is 3. The molecule has 1 rings (SSSR count). The molecule has 0 aliphatic heterocycles. The predicted octanol–water partition coefficient (Wildman–Crippen LogP) is 2.41. The Labute approximate surface area is 90.5 Å². The van der Waals surface area contributed by atoms with Crippen LogP contribution in [0.4, 0.5) is 14.5 Å². The smallest absolute Gasteiger partial charge is 0.267 e. The van der Waals surface area contributed by atoms with Crippen LogP contribution in [-0.2, 0) is 12.3 Å². The molecule has 0 spiro atoms. The number of halogens is 3. The Morgan fingerprint density at radius 3 is 2.73 bits per heavy atom. The monoisotopic (exact) mass is 231 g/mol. The average Bonchev–Trinajstić information content (AvgIpc) is 2.20. The van der Waals surface area contributed by atoms with Gasteiger partial charge in [0.25, 0.3) is 6.43 Å². The van der Waals surface area contributed by atoms with Crippen LogP contribution in [0.2, 0.25) is 0 Å². The maximum atomic E-state index is 12.4. The Hall–Kier alpha value is -1.41. The Balaban J connectivity index is 3.30. The van der Waals surface area contributed by atoms with E-state index in [4.69, 9.17) is 22.6 Å². The largest absolute Gasteiger partial charge is 0.398 e. The first kappa shape index (κ1) is 11.7. The van der Waals surface area contributed by atoms with Crippen molar-refractivity contribution >= 4 is 17.3 Å². The van der Waals surface area contributed by atoms with Crippen LogP contribution in [0.15, 0.2) is 6.20 Å². The first-order valence-corrected chi connectivity index (χ1v) is 4.62. The second-order valence-electron chi connectivity index (χ2n) is 2.82. The van der Waals surface area contributed by atoms with E-state index in [1.807, 2.05) is 6.07 Å². The highest BCUT2D eigenvalue weighted by atomic mass is 35.5. The molecule has 0 aromatic carbocycles. The summed E-state index contributed by atoms with van der Waals surface area (Å²) in [5, 5.41) is 8.53. The van der Waals surface area contributed by atoms with Crippen molar-refractivity contribution in [2.75, 3.05) is 5.73 Å². The van der Waals surface area contributed by atoms with Crippen molar-refractivity contribution in [2.24, 2.45) is 0 Å². The van der Waals surface area contributed by atoms with Gasteiger partial charge in [0.2, 0.25) is 0 Å². The molecule has 0 unspecified atom stereocenters. The molecule has 3 nitrogen and oxygen atoms in total. The van der Waals surface area contributed by atoms with Gasteiger partial charge in [-0.2, -0.15) is 5.26 Å². The molecule has 0 fully saturated rings. The van der Waals surface area contributed by atoms with Gasteiger partial charge in [0, 0.05) is 17.4 Å². The quantitative estimate of drug-likeness (QED) is 0.813. The minimum atomic E-state index is -2.70. The number of anilines is 1. The van der Waals surface area contributed by atoms with Crippen LogP contribution in [0.25, 0.3) is 0 Å². The minimum Gasteiger partial charge on any atom is -0.398 e. The topological polar surface area (TPSA) is 62.7 Å². The molecule has 15 heavy (non-hydrogen) atoms. The molecule has 0 aliphatic rings. The fourth-order valence-corrected chi connectivity index (χ4v) is 1.42. The molecule has 0 bridgehead atoms. The van der Waals surface area contributed by atoms with Crippen molar-refractivity contribution in [3.8, 4) is 6.07 Å². The summed E-state index contributed by atoms with van der Waals surface area (Å²) < 4.78 is 24.9. The number of alkyl halides is 3. The van der Waals surface area contributed by atoms with Crippen molar-refractivity contribution in [3.05, 3.63) is 23.0 Å². The highest BCUT2D eigenvalue weighted by Crippen LogP contribution is 2.29. The number of nitriles is 1. The standard InChI is InChI=1S/C9H8ClF2N3/c10-3-7-5(1-2-13)8(14)6(4-15-7)9(11)12/h4,9H,1,3H2,(H2,14,15). The van der Waals surface area contributed by atoms with E-state index in [0.29, 0.717) is 11.3 Å². The van der Waals surface area contributed by atoms with Crippen molar-refractivity contribution in [1.29, 1.82) is 5.26 Å². The van der Waals surface area contributed by atoms with E-state index in [-0.39, 0.29) is 23.6 Å². The van der Waals surface area contributed by atoms with Crippen molar-refractivity contribution < 1.29 is 8.78 Å². The molecule has 0 aliphatic carbocycles. The predicted molar refractivity (Wildman–Crippen MR) is 52.5 cm³/mol. The second kappa shape index (κ2) is 4.89. The van der Waals surface area contributed by atoms with Crippen LogP contribution in [0.1, 0.15) is 23.2 Å². The molecule has 0 saturated heterocycles. The number of hydrogen-bond donors (Lipinski definition) is 1. The number of hydrogen-bond acceptors (Lipinski definition) is 3. The lowest BCUT2D eigenvalue weighted by Gasteiger charge is -2.10. The maximum absolute atomic E-state index is 12.4. The van der Waals surface area contributed by atoms with E-state index in [9.17, 15) is 8.78 Å². The van der Waals surface area contributed by atoms with Crippen molar-refractivity contribution in [2.45, 2.75) is 18.7 Å². The third-order valence-electron chi connectivity index (χ3n) is 1.96. The van der Waals surface area contributed by atoms with Crippen LogP contribution in [-0.4, -0.2) is 4.98 Å². The summed E-state index contributed by atoms with van der Waals surface area (Å²) in [6.07, 6.45) is -1.76. The summed E-state index contributed by atoms with van der Waals surface area (Å²) in [7, 11) is 0. The van der Waals surface area contributed by atoms with Gasteiger partial charge in [0.1, 0.15) is 0 Å². The molecule has 1 heterocycles. The Bertz CT molecular complexity index is 401. The molecule has 0 radical (unpaired) electrons. The summed E-state index contributed by atoms with van der Waals surface area (Å²) in [6.45, 7) is 0. The summed E-state index contributed by atoms with van der Waals surface area (Å²) in [5.41, 5.74) is 5.75. The SMILES string of the molecule is N#CCc1c(CCl)ncc(C(F)F)c1N. The van der Waals surface area contributed by atoms with Crippen molar-refractivity contribution in [1.82, 2.24) is 4.98 Å². The summed E-state index contributed by atoms with van der Waals surface area (Å²) in [4.78, 5) is 3.75. The molecule has 2 N–H and O–H groups in total. The van der Waals surface area contributed by atoms with Gasteiger partial charge >= 0.3 is 0 Å². The lowest BCUT2D eigenvalue weighted by atomic mass is 10.1. The minimum absolute atomic E-state index is 0.0464. The highest BCUT2D eigenvalue weighted by molar-refractivity contribution is 6.17. The first-order valence-electron chi connectivity index (χ1n) is 4.09. The van der Waals surface area contributed by atoms with Crippen LogP contribution in [0, 0.1) is 11.3 Å². The van der Waals surface area contributed by atoms with Crippen LogP contribution >= 0.6 is 11.6 Å². The fraction of sp³-hybridized carbons (Fsp3) is 0.333. The fourth-order valence-electron chi connectivity index (χ4n) is 1.19. The van der Waals surface area contributed by atoms with Crippen LogP contribution in [0.3, 0.4) is 0 Å². The maximum Gasteiger partial charge on any atom is 0.267 e. The molecule has 0 saturated carbocycles. The van der Waals surface area contributed by atoms with E-state index in [1.165, 1.54) is 0 Å². The van der Waals surface area contributed by atoms with Gasteiger partial charge < -0.3 is 5.73 Å². The third-order valence-corrected chi connectivity index (χ3v) is 2.21. The summed E-state index contributed by atoms with van der Waals surface area (Å²) in [5.74, 6) is 0.0464. The zero-order chi connectivity index (χ0) is 11.4. The lowest BCUT2D eigenvalue weighted by molar-refractivity contribution is 0.151. The Kier molecular flexibility index (Phi) is 3.81. The van der Waals surface area contributed by atoms with E-state index < -0.39 is 6.43 Å². The lowest BCUT2D eigenvalue weighted by Crippen LogP contribution is -2.05. The van der Waals surface area contributed by atoms with E-state index in [0.717, 1.165) is 6.20 Å². The van der Waals surface area contributed by atoms with Gasteiger partial charge in [0.15, 0.2) is 0 Å². The molecule has 0 atom stereocenters. The third kappa shape index (κ3) is 2.34. The summed E-state index contributed by atoms with van der Waals surface area (Å²) in [6, 6.07) is 1.84. The average molecular weight is 232 g/mol. The number of pyridine rings is 1. The number of nitrogen functional groups attached to an aromatic ring is 1. The van der Waals surface area contributed by atoms with Gasteiger partial charge in [-0.15, -0.1) is 11.6 Å². The van der Waals surface area contributed by atoms with E-state index in [2.05, 4.69) is 4.98 Å². The van der Waals surface area contributed by atoms with Gasteiger partial charge in [-0.1, -0.05) is 0 Å². The van der Waals surface area contributed by atoms with Crippen LogP contribution in [0.5, 0.6) is 0 Å². The molecule has 0 amide bonds. The molecule has 80 valence electrons. The molecule has 1 aromatic rings. The Morgan fingerprint density at radius 1 is 1.60 bits per heavy atom. The van der Waals surface area contributed by atoms with E-state index in [1.54, 1.807) is 0 Å². The Morgan fingerprint density at radius 2 is 2.27 bits per heavy atom. The zero-order valence-corrected chi connectivity index (χ0v) is 8.43. The molecule has 6 heteroatoms. The highest BCUT2D eigenvalue weighted by Gasteiger charge is 2.17. The zero-order valence-electron chi connectivity index (χ0n) is 7.67. The second-order valence-corrected chi connectivity index (χ2v) is 3.09. The molecule has 1 aromatic heterocycles. The van der Waals surface area contributed by atoms with E-state index >= 15 is 0 Å². The molecular formula is C9H8ClF2N3. The molecular weight excluding hydrogens is 224 g/mol. The van der Waals surface area contributed by atoms with Gasteiger partial charge in [-0.3, -0.25) is 4.98 Å². The summed E-state index contributed by atoms with van der Waals surface area (Å²) >= 11 is 5.56. The normalized spacial score (nSPS) is 10.3. The van der Waals surface area contributed by atoms with Gasteiger partial charge in [-0.05, 0) is 0 Å². The van der Waals surface area contributed by atoms with Crippen molar-refractivity contribution in [3.63, 3.8) is 0 Å².